The highest BCUT2D eigenvalue weighted by Crippen LogP contribution is 2.35. The van der Waals surface area contributed by atoms with Crippen LogP contribution >= 0.6 is 47.0 Å². The van der Waals surface area contributed by atoms with E-state index >= 15 is 0 Å². The van der Waals surface area contributed by atoms with Crippen molar-refractivity contribution in [2.24, 2.45) is 5.92 Å². The molecule has 0 aliphatic carbocycles. The molecule has 2 aromatic rings. The van der Waals surface area contributed by atoms with Crippen LogP contribution in [0.15, 0.2) is 47.3 Å². The van der Waals surface area contributed by atoms with Gasteiger partial charge in [-0.15, -0.1) is 0 Å². The lowest BCUT2D eigenvalue weighted by Gasteiger charge is -2.44. The highest BCUT2D eigenvalue weighted by atomic mass is 35.6. The van der Waals surface area contributed by atoms with Gasteiger partial charge in [-0.25, -0.2) is 5.21 Å². The lowest BCUT2D eigenvalue weighted by atomic mass is 9.83. The van der Waals surface area contributed by atoms with Gasteiger partial charge in [0.05, 0.1) is 0 Å². The standard InChI is InChI=1S/C21H22Cl3N5O4S/c22-21(23,24)19(25-18(31)13-4-6-15(7-5-13)29(32)33)26-20(34)27-9-12-8-14(11-27)16-2-1-3-17(30)28(16)10-12/h1-7,12,14,19,29,32H,8-11H2,(H,25,31)(H,26,34)/t12-,14-,19-/m1/s1. The molecule has 0 saturated carbocycles. The zero-order valence-electron chi connectivity index (χ0n) is 17.7. The van der Waals surface area contributed by atoms with E-state index in [1.807, 2.05) is 15.5 Å². The molecule has 0 radical (unpaired) electrons. The molecule has 1 fully saturated rings. The number of alkyl halides is 3. The number of pyridine rings is 1. The summed E-state index contributed by atoms with van der Waals surface area (Å²) < 4.78 is -0.0983. The van der Waals surface area contributed by atoms with Crippen LogP contribution in [0, 0.1) is 11.1 Å². The first kappa shape index (κ1) is 25.2. The number of nitrogens with one attached hydrogen (secondary N) is 3. The second kappa shape index (κ2) is 9.98. The number of thiocarbonyl (C=S) groups is 1. The lowest BCUT2D eigenvalue weighted by Crippen LogP contribution is -2.99. The van der Waals surface area contributed by atoms with Gasteiger partial charge in [-0.2, -0.15) is 5.23 Å². The van der Waals surface area contributed by atoms with Crippen molar-refractivity contribution in [1.82, 2.24) is 20.1 Å². The van der Waals surface area contributed by atoms with Crippen molar-refractivity contribution in [3.8, 4) is 0 Å². The molecule has 2 aliphatic rings. The van der Waals surface area contributed by atoms with Gasteiger partial charge in [0.2, 0.25) is 3.79 Å². The van der Waals surface area contributed by atoms with Gasteiger partial charge in [-0.05, 0) is 42.8 Å². The van der Waals surface area contributed by atoms with Gasteiger partial charge in [0.25, 0.3) is 11.5 Å². The molecule has 13 heteroatoms. The van der Waals surface area contributed by atoms with Crippen molar-refractivity contribution in [3.63, 3.8) is 0 Å². The normalized spacial score (nSPS) is 21.3. The van der Waals surface area contributed by atoms with E-state index in [1.165, 1.54) is 24.3 Å². The first-order valence-electron chi connectivity index (χ1n) is 10.5. The lowest BCUT2D eigenvalue weighted by molar-refractivity contribution is -0.991. The van der Waals surface area contributed by atoms with Crippen LogP contribution in [0.2, 0.25) is 0 Å². The monoisotopic (exact) mass is 545 g/mol. The minimum Gasteiger partial charge on any atom is -0.595 e. The van der Waals surface area contributed by atoms with E-state index in [0.717, 1.165) is 12.1 Å². The highest BCUT2D eigenvalue weighted by molar-refractivity contribution is 7.80. The van der Waals surface area contributed by atoms with E-state index in [4.69, 9.17) is 52.2 Å². The molecule has 0 spiro atoms. The summed E-state index contributed by atoms with van der Waals surface area (Å²) in [5.74, 6) is -0.193. The zero-order valence-corrected chi connectivity index (χ0v) is 20.8. The number of quaternary nitrogens is 1. The molecule has 2 bridgehead atoms. The number of hydrogen-bond acceptors (Lipinski definition) is 5. The Morgan fingerprint density at radius 2 is 1.85 bits per heavy atom. The number of nitrogens with zero attached hydrogens (tertiary/aromatic N) is 2. The van der Waals surface area contributed by atoms with Crippen LogP contribution in [0.4, 0.5) is 5.69 Å². The molecule has 4 N–H and O–H groups in total. The largest absolute Gasteiger partial charge is 0.595 e. The van der Waals surface area contributed by atoms with Crippen molar-refractivity contribution in [1.29, 1.82) is 0 Å². The molecular formula is C21H22Cl3N5O4S. The predicted octanol–water partition coefficient (Wildman–Crippen LogP) is 1.67. The summed E-state index contributed by atoms with van der Waals surface area (Å²) in [5.41, 5.74) is 1.23. The number of rotatable bonds is 4. The maximum absolute atomic E-state index is 12.7. The van der Waals surface area contributed by atoms with E-state index in [-0.39, 0.29) is 28.6 Å². The minimum atomic E-state index is -1.92. The second-order valence-corrected chi connectivity index (χ2v) is 11.1. The maximum Gasteiger partial charge on any atom is 0.252 e. The number of carbonyl (C=O) groups excluding carboxylic acids is 1. The molecule has 182 valence electrons. The molecule has 9 nitrogen and oxygen atoms in total. The van der Waals surface area contributed by atoms with Crippen LogP contribution in [0.5, 0.6) is 0 Å². The number of aromatic nitrogens is 1. The third-order valence-corrected chi connectivity index (χ3v) is 7.06. The molecule has 1 aromatic carbocycles. The Labute approximate surface area is 215 Å². The Morgan fingerprint density at radius 3 is 2.50 bits per heavy atom. The van der Waals surface area contributed by atoms with Crippen LogP contribution in [-0.4, -0.2) is 48.7 Å². The van der Waals surface area contributed by atoms with Gasteiger partial charge < -0.3 is 25.3 Å². The Bertz CT molecular complexity index is 1140. The average Bonchev–Trinajstić information content (AvgIpc) is 2.78. The average molecular weight is 547 g/mol. The number of hydrogen-bond donors (Lipinski definition) is 4. The summed E-state index contributed by atoms with van der Waals surface area (Å²) >= 11 is 24.0. The summed E-state index contributed by atoms with van der Waals surface area (Å²) in [6.45, 7) is 1.82. The third-order valence-electron chi connectivity index (χ3n) is 6.03. The van der Waals surface area contributed by atoms with Gasteiger partial charge in [0.15, 0.2) is 10.8 Å². The molecule has 4 rings (SSSR count). The van der Waals surface area contributed by atoms with E-state index in [1.54, 1.807) is 12.1 Å². The molecule has 2 aliphatic heterocycles. The van der Waals surface area contributed by atoms with Crippen LogP contribution in [0.1, 0.15) is 28.4 Å². The molecule has 4 atom stereocenters. The highest BCUT2D eigenvalue weighted by Gasteiger charge is 2.39. The molecule has 1 amide bonds. The van der Waals surface area contributed by atoms with E-state index < -0.39 is 21.1 Å². The van der Waals surface area contributed by atoms with Gasteiger partial charge in [0, 0.05) is 55.0 Å². The Morgan fingerprint density at radius 1 is 1.15 bits per heavy atom. The molecule has 1 unspecified atom stereocenters. The number of halogens is 3. The van der Waals surface area contributed by atoms with Crippen molar-refractivity contribution in [3.05, 3.63) is 69.3 Å². The zero-order chi connectivity index (χ0) is 24.6. The summed E-state index contributed by atoms with van der Waals surface area (Å²) in [4.78, 5) is 26.9. The molecule has 3 heterocycles. The van der Waals surface area contributed by atoms with Crippen molar-refractivity contribution in [2.75, 3.05) is 13.1 Å². The van der Waals surface area contributed by atoms with E-state index in [2.05, 4.69) is 10.6 Å². The van der Waals surface area contributed by atoms with Crippen molar-refractivity contribution in [2.45, 2.75) is 28.8 Å². The minimum absolute atomic E-state index is 0.00304. The van der Waals surface area contributed by atoms with E-state index in [0.29, 0.717) is 24.7 Å². The topological polar surface area (TPSA) is 114 Å². The van der Waals surface area contributed by atoms with Gasteiger partial charge in [0.1, 0.15) is 6.17 Å². The molecule has 1 saturated heterocycles. The van der Waals surface area contributed by atoms with Crippen LogP contribution in [-0.2, 0) is 6.54 Å². The van der Waals surface area contributed by atoms with Crippen molar-refractivity contribution < 1.29 is 15.2 Å². The first-order valence-corrected chi connectivity index (χ1v) is 12.0. The fourth-order valence-corrected chi connectivity index (χ4v) is 5.05. The van der Waals surface area contributed by atoms with Crippen LogP contribution < -0.4 is 21.4 Å². The number of benzene rings is 1. The maximum atomic E-state index is 12.7. The smallest absolute Gasteiger partial charge is 0.252 e. The number of carbonyl (C=O) groups is 1. The Balaban J connectivity index is 1.45. The summed E-state index contributed by atoms with van der Waals surface area (Å²) in [6, 6.07) is 10.7. The molecule has 1 aromatic heterocycles. The summed E-state index contributed by atoms with van der Waals surface area (Å²) in [7, 11) is 0. The number of amides is 1. The van der Waals surface area contributed by atoms with Crippen LogP contribution in [0.25, 0.3) is 0 Å². The third kappa shape index (κ3) is 5.49. The molecule has 34 heavy (non-hydrogen) atoms. The van der Waals surface area contributed by atoms with E-state index in [9.17, 15) is 14.8 Å². The fourth-order valence-electron chi connectivity index (χ4n) is 4.46. The predicted molar refractivity (Wildman–Crippen MR) is 133 cm³/mol. The van der Waals surface area contributed by atoms with Crippen molar-refractivity contribution >= 4 is 63.7 Å². The summed E-state index contributed by atoms with van der Waals surface area (Å²) in [5, 5.41) is 24.8. The quantitative estimate of drug-likeness (QED) is 0.200. The fraction of sp³-hybridized carbons (Fsp3) is 0.381. The summed E-state index contributed by atoms with van der Waals surface area (Å²) in [6.07, 6.45) is -0.187. The second-order valence-electron chi connectivity index (χ2n) is 8.38. The number of piperidine rings is 1. The van der Waals surface area contributed by atoms with Gasteiger partial charge >= 0.3 is 0 Å². The Kier molecular flexibility index (Phi) is 7.39. The van der Waals surface area contributed by atoms with Gasteiger partial charge in [-0.1, -0.05) is 40.9 Å². The number of fused-ring (bicyclic) bond motifs is 4. The first-order chi connectivity index (χ1) is 16.0. The van der Waals surface area contributed by atoms with Crippen LogP contribution in [0.3, 0.4) is 0 Å². The molecular weight excluding hydrogens is 525 g/mol. The SMILES string of the molecule is O=C(N[C@H](NC(=S)N1C[C@H]2C[C@H](C1)c1cccc(=O)n1C2)C(Cl)(Cl)Cl)c1ccc([NH+]([O-])O)cc1. The Hall–Kier alpha value is -1.92. The number of likely N-dealkylation sites (tertiary alicyclic amines) is 1. The van der Waals surface area contributed by atoms with Gasteiger partial charge in [-0.3, -0.25) is 9.59 Å².